The van der Waals surface area contributed by atoms with E-state index < -0.39 is 6.10 Å². The zero-order chi connectivity index (χ0) is 23.1. The van der Waals surface area contributed by atoms with Crippen LogP contribution in [0, 0.1) is 5.92 Å². The molecule has 32 heavy (non-hydrogen) atoms. The van der Waals surface area contributed by atoms with Crippen LogP contribution in [0.3, 0.4) is 0 Å². The topological polar surface area (TPSA) is 84.3 Å². The third kappa shape index (κ3) is 7.18. The number of rotatable bonds is 7. The lowest BCUT2D eigenvalue weighted by molar-refractivity contribution is -0.132. The number of hydrogen-bond acceptors (Lipinski definition) is 5. The fourth-order valence-corrected chi connectivity index (χ4v) is 4.55. The van der Waals surface area contributed by atoms with E-state index in [9.17, 15) is 19.8 Å². The second-order valence-electron chi connectivity index (χ2n) is 8.53. The number of aliphatic hydroxyl groups excluding tert-OH is 2. The first-order valence-electron chi connectivity index (χ1n) is 11.1. The largest absolute Gasteiger partial charge is 0.396 e. The Balaban J connectivity index is 1.50. The SMILES string of the molecule is O=C(C=Cc1ccc(Cl)c(Cl)c1)N1CCC(=O)N(CC(O)CN2CCCC(CO)C2)CC1. The van der Waals surface area contributed by atoms with Crippen LogP contribution in [0.25, 0.3) is 6.08 Å². The molecule has 2 unspecified atom stereocenters. The summed E-state index contributed by atoms with van der Waals surface area (Å²) < 4.78 is 0. The molecule has 3 rings (SSSR count). The number of amides is 2. The third-order valence-electron chi connectivity index (χ3n) is 6.02. The highest BCUT2D eigenvalue weighted by Gasteiger charge is 2.26. The van der Waals surface area contributed by atoms with E-state index in [0.717, 1.165) is 31.5 Å². The zero-order valence-corrected chi connectivity index (χ0v) is 19.6. The summed E-state index contributed by atoms with van der Waals surface area (Å²) in [6, 6.07) is 5.14. The molecule has 2 heterocycles. The van der Waals surface area contributed by atoms with Gasteiger partial charge in [-0.05, 0) is 49.1 Å². The molecule has 0 aliphatic carbocycles. The van der Waals surface area contributed by atoms with Gasteiger partial charge in [0.05, 0.1) is 16.1 Å². The Labute approximate surface area is 199 Å². The van der Waals surface area contributed by atoms with Crippen molar-refractivity contribution >= 4 is 41.1 Å². The maximum atomic E-state index is 12.6. The van der Waals surface area contributed by atoms with Crippen molar-refractivity contribution in [3.63, 3.8) is 0 Å². The molecule has 176 valence electrons. The minimum Gasteiger partial charge on any atom is -0.396 e. The molecule has 2 N–H and O–H groups in total. The monoisotopic (exact) mass is 483 g/mol. The van der Waals surface area contributed by atoms with E-state index in [4.69, 9.17) is 23.2 Å². The molecule has 1 aromatic rings. The molecule has 7 nitrogen and oxygen atoms in total. The van der Waals surface area contributed by atoms with Gasteiger partial charge in [-0.2, -0.15) is 0 Å². The summed E-state index contributed by atoms with van der Waals surface area (Å²) in [6.07, 6.45) is 4.74. The lowest BCUT2D eigenvalue weighted by atomic mass is 9.99. The summed E-state index contributed by atoms with van der Waals surface area (Å²) >= 11 is 11.9. The molecular formula is C23H31Cl2N3O4. The standard InChI is InChI=1S/C23H31Cl2N3O4/c24-20-5-3-17(12-21(20)25)4-6-22(31)27-9-7-23(32)28(11-10-27)15-19(30)14-26-8-1-2-18(13-26)16-29/h3-6,12,18-19,29-30H,1-2,7-11,13-16H2. The van der Waals surface area contributed by atoms with Gasteiger partial charge in [-0.3, -0.25) is 9.59 Å². The Bertz CT molecular complexity index is 835. The molecule has 2 saturated heterocycles. The number of hydrogen-bond donors (Lipinski definition) is 2. The first-order valence-corrected chi connectivity index (χ1v) is 11.8. The molecule has 2 atom stereocenters. The molecule has 2 aliphatic rings. The van der Waals surface area contributed by atoms with E-state index in [1.165, 1.54) is 6.08 Å². The number of likely N-dealkylation sites (tertiary alicyclic amines) is 1. The van der Waals surface area contributed by atoms with Gasteiger partial charge in [-0.25, -0.2) is 0 Å². The Morgan fingerprint density at radius 3 is 2.72 bits per heavy atom. The van der Waals surface area contributed by atoms with Crippen molar-refractivity contribution in [2.75, 3.05) is 52.4 Å². The van der Waals surface area contributed by atoms with Crippen molar-refractivity contribution in [1.82, 2.24) is 14.7 Å². The number of β-amino-alcohol motifs (C(OH)–C–C–N with tert-alkyl or cyclic N) is 1. The predicted molar refractivity (Wildman–Crippen MR) is 126 cm³/mol. The lowest BCUT2D eigenvalue weighted by Gasteiger charge is -2.34. The smallest absolute Gasteiger partial charge is 0.246 e. The molecule has 0 bridgehead atoms. The van der Waals surface area contributed by atoms with Gasteiger partial charge < -0.3 is 24.9 Å². The molecule has 2 amide bonds. The summed E-state index contributed by atoms with van der Waals surface area (Å²) in [7, 11) is 0. The van der Waals surface area contributed by atoms with Crippen LogP contribution >= 0.6 is 23.2 Å². The summed E-state index contributed by atoms with van der Waals surface area (Å²) in [4.78, 5) is 30.6. The van der Waals surface area contributed by atoms with Crippen molar-refractivity contribution in [2.24, 2.45) is 5.92 Å². The first-order chi connectivity index (χ1) is 15.4. The molecule has 9 heteroatoms. The number of aliphatic hydroxyl groups is 2. The second-order valence-corrected chi connectivity index (χ2v) is 9.34. The summed E-state index contributed by atoms with van der Waals surface area (Å²) in [6.45, 7) is 3.72. The minimum absolute atomic E-state index is 0.0558. The lowest BCUT2D eigenvalue weighted by Crippen LogP contribution is -2.46. The van der Waals surface area contributed by atoms with E-state index in [1.54, 1.807) is 34.1 Å². The second kappa shape index (κ2) is 12.0. The Morgan fingerprint density at radius 2 is 1.97 bits per heavy atom. The number of carbonyl (C=O) groups is 2. The molecule has 0 saturated carbocycles. The Kier molecular flexibility index (Phi) is 9.37. The average Bonchev–Trinajstić information content (AvgIpc) is 2.96. The van der Waals surface area contributed by atoms with Crippen molar-refractivity contribution in [1.29, 1.82) is 0 Å². The van der Waals surface area contributed by atoms with Crippen molar-refractivity contribution in [2.45, 2.75) is 25.4 Å². The van der Waals surface area contributed by atoms with E-state index in [1.807, 2.05) is 0 Å². The van der Waals surface area contributed by atoms with Gasteiger partial charge in [-0.15, -0.1) is 0 Å². The van der Waals surface area contributed by atoms with Gasteiger partial charge in [0, 0.05) is 58.4 Å². The number of piperidine rings is 1. The van der Waals surface area contributed by atoms with Crippen LogP contribution in [0.1, 0.15) is 24.8 Å². The highest BCUT2D eigenvalue weighted by atomic mass is 35.5. The van der Waals surface area contributed by atoms with Crippen LogP contribution in [0.4, 0.5) is 0 Å². The Morgan fingerprint density at radius 1 is 1.16 bits per heavy atom. The van der Waals surface area contributed by atoms with Crippen LogP contribution in [0.15, 0.2) is 24.3 Å². The third-order valence-corrected chi connectivity index (χ3v) is 6.76. The van der Waals surface area contributed by atoms with Crippen LogP contribution < -0.4 is 0 Å². The summed E-state index contributed by atoms with van der Waals surface area (Å²) in [5.41, 5.74) is 0.768. The number of halogens is 2. The van der Waals surface area contributed by atoms with Gasteiger partial charge >= 0.3 is 0 Å². The highest BCUT2D eigenvalue weighted by Crippen LogP contribution is 2.23. The number of carbonyl (C=O) groups excluding carboxylic acids is 2. The quantitative estimate of drug-likeness (QED) is 0.580. The maximum absolute atomic E-state index is 12.6. The molecular weight excluding hydrogens is 453 g/mol. The average molecular weight is 484 g/mol. The van der Waals surface area contributed by atoms with Crippen molar-refractivity contribution in [3.8, 4) is 0 Å². The highest BCUT2D eigenvalue weighted by molar-refractivity contribution is 6.42. The normalized spacial score (nSPS) is 21.8. The maximum Gasteiger partial charge on any atom is 0.246 e. The molecule has 2 aliphatic heterocycles. The van der Waals surface area contributed by atoms with Gasteiger partial charge in [-0.1, -0.05) is 29.3 Å². The molecule has 0 spiro atoms. The summed E-state index contributed by atoms with van der Waals surface area (Å²) in [5.74, 6) is 0.0293. The van der Waals surface area contributed by atoms with Crippen LogP contribution in [-0.4, -0.2) is 95.3 Å². The van der Waals surface area contributed by atoms with E-state index in [-0.39, 0.29) is 37.3 Å². The van der Waals surface area contributed by atoms with E-state index in [2.05, 4.69) is 4.90 Å². The molecule has 0 radical (unpaired) electrons. The van der Waals surface area contributed by atoms with Crippen LogP contribution in [0.5, 0.6) is 0 Å². The number of nitrogens with zero attached hydrogens (tertiary/aromatic N) is 3. The molecule has 0 aromatic heterocycles. The summed E-state index contributed by atoms with van der Waals surface area (Å²) in [5, 5.41) is 20.8. The van der Waals surface area contributed by atoms with Gasteiger partial charge in [0.1, 0.15) is 0 Å². The van der Waals surface area contributed by atoms with Crippen molar-refractivity contribution < 1.29 is 19.8 Å². The molecule has 1 aromatic carbocycles. The van der Waals surface area contributed by atoms with Gasteiger partial charge in [0.2, 0.25) is 11.8 Å². The predicted octanol–water partition coefficient (Wildman–Crippen LogP) is 2.13. The van der Waals surface area contributed by atoms with Crippen LogP contribution in [0.2, 0.25) is 10.0 Å². The van der Waals surface area contributed by atoms with Crippen LogP contribution in [-0.2, 0) is 9.59 Å². The molecule has 2 fully saturated rings. The fourth-order valence-electron chi connectivity index (χ4n) is 4.25. The van der Waals surface area contributed by atoms with Crippen molar-refractivity contribution in [3.05, 3.63) is 39.9 Å². The van der Waals surface area contributed by atoms with Gasteiger partial charge in [0.15, 0.2) is 0 Å². The number of benzene rings is 1. The zero-order valence-electron chi connectivity index (χ0n) is 18.1. The Hall–Kier alpha value is -1.64. The fraction of sp³-hybridized carbons (Fsp3) is 0.565. The minimum atomic E-state index is -0.659. The van der Waals surface area contributed by atoms with E-state index in [0.29, 0.717) is 36.2 Å². The van der Waals surface area contributed by atoms with Gasteiger partial charge in [0.25, 0.3) is 0 Å². The van der Waals surface area contributed by atoms with E-state index >= 15 is 0 Å². The first kappa shape index (κ1) is 25.0.